The van der Waals surface area contributed by atoms with E-state index in [9.17, 15) is 14.4 Å². The SMILES string of the molecule is COc1cc(C=NNC(=O)C(=O)Nc2ccc(CC#N)cc2)ccc1OC(=O)c1cccs1. The lowest BCUT2D eigenvalue weighted by molar-refractivity contribution is -0.136. The Labute approximate surface area is 193 Å². The van der Waals surface area contributed by atoms with Crippen molar-refractivity contribution < 1.29 is 23.9 Å². The van der Waals surface area contributed by atoms with Crippen LogP contribution in [-0.2, 0) is 16.0 Å². The number of nitrogens with one attached hydrogen (secondary N) is 2. The van der Waals surface area contributed by atoms with Gasteiger partial charge in [-0.1, -0.05) is 18.2 Å². The zero-order valence-electron chi connectivity index (χ0n) is 17.4. The maximum absolute atomic E-state index is 12.1. The molecule has 2 aromatic carbocycles. The van der Waals surface area contributed by atoms with E-state index in [0.29, 0.717) is 21.9 Å². The van der Waals surface area contributed by atoms with Crippen molar-refractivity contribution in [1.82, 2.24) is 5.43 Å². The number of nitriles is 1. The quantitative estimate of drug-likeness (QED) is 0.182. The first-order valence-corrected chi connectivity index (χ1v) is 10.4. The molecule has 33 heavy (non-hydrogen) atoms. The molecular formula is C23H18N4O5S. The molecule has 10 heteroatoms. The minimum atomic E-state index is -0.958. The number of benzene rings is 2. The summed E-state index contributed by atoms with van der Waals surface area (Å²) < 4.78 is 10.6. The summed E-state index contributed by atoms with van der Waals surface area (Å²) >= 11 is 1.26. The number of carbonyl (C=O) groups is 3. The van der Waals surface area contributed by atoms with Crippen molar-refractivity contribution in [3.8, 4) is 17.6 Å². The highest BCUT2D eigenvalue weighted by atomic mass is 32.1. The van der Waals surface area contributed by atoms with Crippen LogP contribution in [0.1, 0.15) is 20.8 Å². The smallest absolute Gasteiger partial charge is 0.353 e. The maximum atomic E-state index is 12.1. The third-order valence-electron chi connectivity index (χ3n) is 4.19. The molecule has 0 unspecified atom stereocenters. The minimum absolute atomic E-state index is 0.234. The number of nitrogens with zero attached hydrogens (tertiary/aromatic N) is 2. The number of amides is 2. The molecule has 0 saturated heterocycles. The van der Waals surface area contributed by atoms with Gasteiger partial charge in [0.05, 0.1) is 25.8 Å². The van der Waals surface area contributed by atoms with Gasteiger partial charge >= 0.3 is 17.8 Å². The van der Waals surface area contributed by atoms with E-state index < -0.39 is 17.8 Å². The highest BCUT2D eigenvalue weighted by Crippen LogP contribution is 2.28. The average Bonchev–Trinajstić information content (AvgIpc) is 3.36. The monoisotopic (exact) mass is 462 g/mol. The molecule has 0 bridgehead atoms. The predicted molar refractivity (Wildman–Crippen MR) is 122 cm³/mol. The number of thiophene rings is 1. The van der Waals surface area contributed by atoms with Gasteiger partial charge in [-0.05, 0) is 52.9 Å². The van der Waals surface area contributed by atoms with E-state index in [1.807, 2.05) is 6.07 Å². The van der Waals surface area contributed by atoms with E-state index in [-0.39, 0.29) is 12.2 Å². The van der Waals surface area contributed by atoms with Crippen LogP contribution in [0.5, 0.6) is 11.5 Å². The fourth-order valence-electron chi connectivity index (χ4n) is 2.59. The predicted octanol–water partition coefficient (Wildman–Crippen LogP) is 3.13. The van der Waals surface area contributed by atoms with Gasteiger partial charge in [0.1, 0.15) is 4.88 Å². The van der Waals surface area contributed by atoms with E-state index in [1.54, 1.807) is 53.9 Å². The molecule has 166 valence electrons. The first kappa shape index (κ1) is 23.2. The van der Waals surface area contributed by atoms with Crippen molar-refractivity contribution in [1.29, 1.82) is 5.26 Å². The Morgan fingerprint density at radius 1 is 1.09 bits per heavy atom. The number of ether oxygens (including phenoxy) is 2. The number of esters is 1. The van der Waals surface area contributed by atoms with Crippen molar-refractivity contribution in [3.05, 3.63) is 76.0 Å². The molecule has 0 aliphatic carbocycles. The average molecular weight is 462 g/mol. The summed E-state index contributed by atoms with van der Waals surface area (Å²) in [4.78, 5) is 36.5. The van der Waals surface area contributed by atoms with Crippen LogP contribution in [0.2, 0.25) is 0 Å². The Morgan fingerprint density at radius 2 is 1.88 bits per heavy atom. The summed E-state index contributed by atoms with van der Waals surface area (Å²) in [5.74, 6) is -1.82. The van der Waals surface area contributed by atoms with Gasteiger partial charge in [0.25, 0.3) is 0 Å². The Hall–Kier alpha value is -4.49. The minimum Gasteiger partial charge on any atom is -0.493 e. The van der Waals surface area contributed by atoms with Crippen LogP contribution in [0, 0.1) is 11.3 Å². The largest absolute Gasteiger partial charge is 0.493 e. The summed E-state index contributed by atoms with van der Waals surface area (Å²) in [7, 11) is 1.43. The van der Waals surface area contributed by atoms with Crippen LogP contribution in [0.4, 0.5) is 5.69 Å². The van der Waals surface area contributed by atoms with Crippen LogP contribution < -0.4 is 20.2 Å². The lowest BCUT2D eigenvalue weighted by Gasteiger charge is -2.09. The Balaban J connectivity index is 1.56. The lowest BCUT2D eigenvalue weighted by atomic mass is 10.1. The number of rotatable bonds is 7. The van der Waals surface area contributed by atoms with Crippen LogP contribution in [-0.4, -0.2) is 31.1 Å². The molecule has 1 heterocycles. The summed E-state index contributed by atoms with van der Waals surface area (Å²) in [6.45, 7) is 0. The second-order valence-corrected chi connectivity index (χ2v) is 7.41. The third-order valence-corrected chi connectivity index (χ3v) is 5.04. The van der Waals surface area contributed by atoms with Crippen molar-refractivity contribution in [2.45, 2.75) is 6.42 Å². The zero-order chi connectivity index (χ0) is 23.6. The molecule has 9 nitrogen and oxygen atoms in total. The van der Waals surface area contributed by atoms with Gasteiger partial charge in [-0.25, -0.2) is 10.2 Å². The van der Waals surface area contributed by atoms with Crippen molar-refractivity contribution in [2.75, 3.05) is 12.4 Å². The Kier molecular flexibility index (Phi) is 7.88. The van der Waals surface area contributed by atoms with Gasteiger partial charge in [0.15, 0.2) is 11.5 Å². The van der Waals surface area contributed by atoms with Crippen LogP contribution >= 0.6 is 11.3 Å². The number of anilines is 1. The van der Waals surface area contributed by atoms with Gasteiger partial charge in [-0.3, -0.25) is 9.59 Å². The Bertz CT molecular complexity index is 1210. The molecule has 0 spiro atoms. The summed E-state index contributed by atoms with van der Waals surface area (Å²) in [6.07, 6.45) is 1.57. The molecule has 0 saturated carbocycles. The first-order chi connectivity index (χ1) is 16.0. The van der Waals surface area contributed by atoms with Crippen molar-refractivity contribution in [2.24, 2.45) is 5.10 Å². The van der Waals surface area contributed by atoms with Crippen molar-refractivity contribution in [3.63, 3.8) is 0 Å². The van der Waals surface area contributed by atoms with Gasteiger partial charge in [0, 0.05) is 5.69 Å². The number of carbonyl (C=O) groups excluding carboxylic acids is 3. The maximum Gasteiger partial charge on any atom is 0.353 e. The topological polar surface area (TPSA) is 130 Å². The number of hydrogen-bond acceptors (Lipinski definition) is 8. The standard InChI is InChI=1S/C23H18N4O5S/c1-31-19-13-16(6-9-18(19)32-23(30)20-3-2-12-33-20)14-25-27-22(29)21(28)26-17-7-4-15(5-8-17)10-11-24/h2-9,12-14H,10H2,1H3,(H,26,28)(H,27,29). The summed E-state index contributed by atoms with van der Waals surface area (Å²) in [5, 5.41) is 16.7. The number of hydrazone groups is 1. The molecule has 0 fully saturated rings. The highest BCUT2D eigenvalue weighted by Gasteiger charge is 2.14. The fourth-order valence-corrected chi connectivity index (χ4v) is 3.19. The van der Waals surface area contributed by atoms with E-state index >= 15 is 0 Å². The van der Waals surface area contributed by atoms with Crippen LogP contribution in [0.25, 0.3) is 0 Å². The molecule has 0 radical (unpaired) electrons. The molecule has 2 amide bonds. The molecule has 2 N–H and O–H groups in total. The summed E-state index contributed by atoms with van der Waals surface area (Å²) in [6, 6.07) is 16.7. The van der Waals surface area contributed by atoms with Gasteiger partial charge < -0.3 is 14.8 Å². The fraction of sp³-hybridized carbons (Fsp3) is 0.0870. The lowest BCUT2D eigenvalue weighted by Crippen LogP contribution is -2.32. The zero-order valence-corrected chi connectivity index (χ0v) is 18.2. The Morgan fingerprint density at radius 3 is 2.55 bits per heavy atom. The molecule has 0 atom stereocenters. The van der Waals surface area contributed by atoms with Crippen molar-refractivity contribution >= 4 is 41.0 Å². The van der Waals surface area contributed by atoms with E-state index in [0.717, 1.165) is 5.56 Å². The molecule has 3 aromatic rings. The van der Waals surface area contributed by atoms with Gasteiger partial charge in [0.2, 0.25) is 0 Å². The molecular weight excluding hydrogens is 444 g/mol. The highest BCUT2D eigenvalue weighted by molar-refractivity contribution is 7.12. The molecule has 3 rings (SSSR count). The van der Waals surface area contributed by atoms with Crippen LogP contribution in [0.3, 0.4) is 0 Å². The second kappa shape index (κ2) is 11.2. The van der Waals surface area contributed by atoms with Gasteiger partial charge in [-0.15, -0.1) is 11.3 Å². The first-order valence-electron chi connectivity index (χ1n) is 9.54. The van der Waals surface area contributed by atoms with Gasteiger partial charge in [-0.2, -0.15) is 10.4 Å². The van der Waals surface area contributed by atoms with E-state index in [4.69, 9.17) is 14.7 Å². The van der Waals surface area contributed by atoms with E-state index in [1.165, 1.54) is 30.7 Å². The van der Waals surface area contributed by atoms with E-state index in [2.05, 4.69) is 15.8 Å². The van der Waals surface area contributed by atoms with Crippen LogP contribution in [0.15, 0.2) is 65.1 Å². The second-order valence-electron chi connectivity index (χ2n) is 6.46. The molecule has 0 aliphatic rings. The normalized spacial score (nSPS) is 10.3. The molecule has 0 aliphatic heterocycles. The summed E-state index contributed by atoms with van der Waals surface area (Å²) in [5.41, 5.74) is 3.89. The third kappa shape index (κ3) is 6.49. The number of hydrogen-bond donors (Lipinski definition) is 2. The molecule has 1 aromatic heterocycles. The number of methoxy groups -OCH3 is 1.